The van der Waals surface area contributed by atoms with E-state index in [1.54, 1.807) is 7.11 Å². The van der Waals surface area contributed by atoms with Gasteiger partial charge in [0.15, 0.2) is 0 Å². The lowest BCUT2D eigenvalue weighted by Gasteiger charge is -2.37. The van der Waals surface area contributed by atoms with Crippen molar-refractivity contribution in [3.8, 4) is 0 Å². The van der Waals surface area contributed by atoms with E-state index in [9.17, 15) is 0 Å². The van der Waals surface area contributed by atoms with Crippen molar-refractivity contribution in [2.45, 2.75) is 52.1 Å². The first-order chi connectivity index (χ1) is 8.17. The fourth-order valence-corrected chi connectivity index (χ4v) is 2.90. The molecule has 0 spiro atoms. The van der Waals surface area contributed by atoms with Crippen LogP contribution in [0.15, 0.2) is 0 Å². The summed E-state index contributed by atoms with van der Waals surface area (Å²) in [5.41, 5.74) is 0. The summed E-state index contributed by atoms with van der Waals surface area (Å²) in [5.74, 6) is 0.801. The molecule has 1 saturated heterocycles. The van der Waals surface area contributed by atoms with Crippen LogP contribution < -0.4 is 5.32 Å². The Balaban J connectivity index is 2.32. The summed E-state index contributed by atoms with van der Waals surface area (Å²) in [6, 6.07) is 1.05. The average Bonchev–Trinajstić information content (AvgIpc) is 2.30. The Morgan fingerprint density at radius 3 is 2.82 bits per heavy atom. The third-order valence-electron chi connectivity index (χ3n) is 3.75. The van der Waals surface area contributed by atoms with E-state index >= 15 is 0 Å². The molecule has 0 aliphatic carbocycles. The highest BCUT2D eigenvalue weighted by molar-refractivity contribution is 4.81. The highest BCUT2D eigenvalue weighted by Crippen LogP contribution is 2.20. The Morgan fingerprint density at radius 2 is 2.18 bits per heavy atom. The monoisotopic (exact) mass is 242 g/mol. The van der Waals surface area contributed by atoms with Gasteiger partial charge in [0.1, 0.15) is 0 Å². The molecule has 3 heteroatoms. The van der Waals surface area contributed by atoms with Gasteiger partial charge in [-0.1, -0.05) is 6.92 Å². The van der Waals surface area contributed by atoms with E-state index in [0.717, 1.165) is 12.5 Å². The molecule has 0 aromatic rings. The van der Waals surface area contributed by atoms with E-state index in [2.05, 4.69) is 31.0 Å². The van der Waals surface area contributed by atoms with Gasteiger partial charge >= 0.3 is 0 Å². The van der Waals surface area contributed by atoms with E-state index in [4.69, 9.17) is 4.74 Å². The van der Waals surface area contributed by atoms with Crippen LogP contribution in [0.4, 0.5) is 0 Å². The van der Waals surface area contributed by atoms with Crippen LogP contribution in [0, 0.1) is 5.92 Å². The fraction of sp³-hybridized carbons (Fsp3) is 1.00. The van der Waals surface area contributed by atoms with Gasteiger partial charge in [0.2, 0.25) is 0 Å². The lowest BCUT2D eigenvalue weighted by Crippen LogP contribution is -2.47. The smallest absolute Gasteiger partial charge is 0.0613 e. The third-order valence-corrected chi connectivity index (χ3v) is 3.75. The number of likely N-dealkylation sites (tertiary alicyclic amines) is 1. The number of piperidine rings is 1. The molecule has 102 valence electrons. The lowest BCUT2D eigenvalue weighted by atomic mass is 9.91. The summed E-state index contributed by atoms with van der Waals surface area (Å²) in [5, 5.41) is 3.66. The van der Waals surface area contributed by atoms with Crippen molar-refractivity contribution in [3.63, 3.8) is 0 Å². The number of rotatable bonds is 7. The highest BCUT2D eigenvalue weighted by atomic mass is 16.5. The summed E-state index contributed by atoms with van der Waals surface area (Å²) in [6.45, 7) is 11.4. The maximum atomic E-state index is 5.18. The van der Waals surface area contributed by atoms with Gasteiger partial charge in [-0.2, -0.15) is 0 Å². The van der Waals surface area contributed by atoms with E-state index < -0.39 is 0 Å². The van der Waals surface area contributed by atoms with Gasteiger partial charge in [-0.15, -0.1) is 0 Å². The second-order valence-electron chi connectivity index (χ2n) is 5.51. The summed E-state index contributed by atoms with van der Waals surface area (Å²) >= 11 is 0. The number of hydrogen-bond acceptors (Lipinski definition) is 3. The minimum atomic E-state index is 0.455. The Bertz CT molecular complexity index is 197. The average molecular weight is 242 g/mol. The maximum Gasteiger partial charge on any atom is 0.0613 e. The van der Waals surface area contributed by atoms with Gasteiger partial charge in [-0.05, 0) is 52.1 Å². The van der Waals surface area contributed by atoms with Gasteiger partial charge in [0.05, 0.1) is 6.61 Å². The molecule has 1 fully saturated rings. The predicted octanol–water partition coefficient (Wildman–Crippen LogP) is 2.12. The topological polar surface area (TPSA) is 24.5 Å². The van der Waals surface area contributed by atoms with Crippen LogP contribution in [0.2, 0.25) is 0 Å². The molecule has 3 unspecified atom stereocenters. The zero-order chi connectivity index (χ0) is 12.7. The molecule has 1 aliphatic heterocycles. The molecule has 1 heterocycles. The van der Waals surface area contributed by atoms with Gasteiger partial charge < -0.3 is 15.0 Å². The summed E-state index contributed by atoms with van der Waals surface area (Å²) in [7, 11) is 1.77. The molecular formula is C14H30N2O. The van der Waals surface area contributed by atoms with Gasteiger partial charge in [-0.3, -0.25) is 0 Å². The number of ether oxygens (including phenoxy) is 1. The first-order valence-corrected chi connectivity index (χ1v) is 7.14. The molecule has 0 aromatic heterocycles. The first kappa shape index (κ1) is 14.9. The molecule has 3 nitrogen and oxygen atoms in total. The van der Waals surface area contributed by atoms with E-state index in [-0.39, 0.29) is 0 Å². The van der Waals surface area contributed by atoms with Crippen molar-refractivity contribution in [2.75, 3.05) is 33.4 Å². The second-order valence-corrected chi connectivity index (χ2v) is 5.51. The summed E-state index contributed by atoms with van der Waals surface area (Å²) < 4.78 is 5.18. The van der Waals surface area contributed by atoms with E-state index in [1.165, 1.54) is 38.9 Å². The molecule has 17 heavy (non-hydrogen) atoms. The minimum absolute atomic E-state index is 0.455. The number of nitrogens with zero attached hydrogens (tertiary/aromatic N) is 1. The molecule has 3 atom stereocenters. The molecule has 0 amide bonds. The van der Waals surface area contributed by atoms with Crippen LogP contribution >= 0.6 is 0 Å². The molecule has 1 aliphatic rings. The molecule has 0 saturated carbocycles. The molecular weight excluding hydrogens is 212 g/mol. The van der Waals surface area contributed by atoms with E-state index in [0.29, 0.717) is 12.1 Å². The van der Waals surface area contributed by atoms with Gasteiger partial charge in [-0.25, -0.2) is 0 Å². The zero-order valence-corrected chi connectivity index (χ0v) is 12.0. The quantitative estimate of drug-likeness (QED) is 0.740. The first-order valence-electron chi connectivity index (χ1n) is 7.14. The standard InChI is InChI=1S/C14H30N2O/c1-5-8-16-9-6-7-14(10-16)13(3)15-12(2)11-17-4/h12-15H,5-11H2,1-4H3. The second kappa shape index (κ2) is 8.06. The molecule has 0 radical (unpaired) electrons. The zero-order valence-electron chi connectivity index (χ0n) is 12.0. The fourth-order valence-electron chi connectivity index (χ4n) is 2.90. The van der Waals surface area contributed by atoms with Crippen LogP contribution in [-0.2, 0) is 4.74 Å². The summed E-state index contributed by atoms with van der Waals surface area (Å²) in [6.07, 6.45) is 4.00. The van der Waals surface area contributed by atoms with Crippen LogP contribution in [0.3, 0.4) is 0 Å². The maximum absolute atomic E-state index is 5.18. The van der Waals surface area contributed by atoms with Crippen molar-refractivity contribution >= 4 is 0 Å². The molecule has 1 N–H and O–H groups in total. The normalized spacial score (nSPS) is 25.8. The lowest BCUT2D eigenvalue weighted by molar-refractivity contribution is 0.129. The van der Waals surface area contributed by atoms with Crippen molar-refractivity contribution < 1.29 is 4.74 Å². The Morgan fingerprint density at radius 1 is 1.41 bits per heavy atom. The highest BCUT2D eigenvalue weighted by Gasteiger charge is 2.24. The Hall–Kier alpha value is -0.120. The van der Waals surface area contributed by atoms with Crippen molar-refractivity contribution in [2.24, 2.45) is 5.92 Å². The number of methoxy groups -OCH3 is 1. The molecule has 0 aromatic carbocycles. The van der Waals surface area contributed by atoms with Crippen LogP contribution in [-0.4, -0.2) is 50.3 Å². The number of nitrogens with one attached hydrogen (secondary N) is 1. The van der Waals surface area contributed by atoms with Crippen molar-refractivity contribution in [1.29, 1.82) is 0 Å². The third kappa shape index (κ3) is 5.36. The van der Waals surface area contributed by atoms with Crippen molar-refractivity contribution in [3.05, 3.63) is 0 Å². The van der Waals surface area contributed by atoms with Gasteiger partial charge in [0, 0.05) is 25.7 Å². The molecule has 1 rings (SSSR count). The minimum Gasteiger partial charge on any atom is -0.383 e. The molecule has 0 bridgehead atoms. The summed E-state index contributed by atoms with van der Waals surface area (Å²) in [4.78, 5) is 2.62. The largest absolute Gasteiger partial charge is 0.383 e. The number of hydrogen-bond donors (Lipinski definition) is 1. The Kier molecular flexibility index (Phi) is 7.09. The van der Waals surface area contributed by atoms with E-state index in [1.807, 2.05) is 0 Å². The van der Waals surface area contributed by atoms with Gasteiger partial charge in [0.25, 0.3) is 0 Å². The predicted molar refractivity (Wildman–Crippen MR) is 73.4 cm³/mol. The van der Waals surface area contributed by atoms with Crippen LogP contribution in [0.1, 0.15) is 40.0 Å². The van der Waals surface area contributed by atoms with Crippen LogP contribution in [0.25, 0.3) is 0 Å². The SMILES string of the molecule is CCCN1CCCC(C(C)NC(C)COC)C1. The van der Waals surface area contributed by atoms with Crippen molar-refractivity contribution in [1.82, 2.24) is 10.2 Å². The van der Waals surface area contributed by atoms with Crippen LogP contribution in [0.5, 0.6) is 0 Å². The Labute approximate surface area is 107 Å².